The van der Waals surface area contributed by atoms with Crippen LogP contribution < -0.4 is 0 Å². The zero-order valence-corrected chi connectivity index (χ0v) is 16.6. The van der Waals surface area contributed by atoms with Crippen molar-refractivity contribution < 1.29 is 0 Å². The van der Waals surface area contributed by atoms with Gasteiger partial charge in [0.15, 0.2) is 0 Å². The van der Waals surface area contributed by atoms with Crippen LogP contribution in [0, 0.1) is 0 Å². The molecule has 0 heteroatoms. The standard InChI is InChI=1S/C29H24/c1-23(25-16-8-3-9-17-25)29(27-20-12-5-13-21-27)28(26-18-10-4-11-19-26)22-24-14-6-2-7-15-24/h2-22H,1H3/b28-22+,29-23+. The molecule has 0 spiro atoms. The summed E-state index contributed by atoms with van der Waals surface area (Å²) >= 11 is 0. The van der Waals surface area contributed by atoms with Crippen LogP contribution in [0.15, 0.2) is 121 Å². The van der Waals surface area contributed by atoms with Crippen LogP contribution >= 0.6 is 0 Å². The lowest BCUT2D eigenvalue weighted by Crippen LogP contribution is -1.95. The van der Waals surface area contributed by atoms with E-state index in [1.165, 1.54) is 39.0 Å². The quantitative estimate of drug-likeness (QED) is 0.247. The molecule has 4 aromatic rings. The van der Waals surface area contributed by atoms with E-state index in [4.69, 9.17) is 0 Å². The number of hydrogen-bond donors (Lipinski definition) is 0. The van der Waals surface area contributed by atoms with Gasteiger partial charge in [0, 0.05) is 0 Å². The molecule has 0 aromatic heterocycles. The van der Waals surface area contributed by atoms with Gasteiger partial charge in [0.1, 0.15) is 0 Å². The molecule has 0 bridgehead atoms. The fourth-order valence-corrected chi connectivity index (χ4v) is 3.64. The van der Waals surface area contributed by atoms with Crippen LogP contribution in [0.2, 0.25) is 0 Å². The topological polar surface area (TPSA) is 0 Å². The maximum atomic E-state index is 2.30. The van der Waals surface area contributed by atoms with Gasteiger partial charge < -0.3 is 0 Å². The molecule has 0 saturated heterocycles. The van der Waals surface area contributed by atoms with E-state index >= 15 is 0 Å². The average molecular weight is 373 g/mol. The van der Waals surface area contributed by atoms with Gasteiger partial charge in [-0.2, -0.15) is 0 Å². The van der Waals surface area contributed by atoms with Gasteiger partial charge in [-0.15, -0.1) is 0 Å². The van der Waals surface area contributed by atoms with E-state index in [2.05, 4.69) is 134 Å². The Kier molecular flexibility index (Phi) is 5.83. The maximum absolute atomic E-state index is 2.30. The first-order chi connectivity index (χ1) is 14.3. The Morgan fingerprint density at radius 1 is 0.483 bits per heavy atom. The molecular formula is C29H24. The third-order valence-corrected chi connectivity index (χ3v) is 5.11. The van der Waals surface area contributed by atoms with Gasteiger partial charge in [0.2, 0.25) is 0 Å². The Morgan fingerprint density at radius 3 is 1.41 bits per heavy atom. The summed E-state index contributed by atoms with van der Waals surface area (Å²) < 4.78 is 0. The Hall–Kier alpha value is -3.64. The molecule has 0 unspecified atom stereocenters. The van der Waals surface area contributed by atoms with Gasteiger partial charge in [-0.25, -0.2) is 0 Å². The maximum Gasteiger partial charge on any atom is -0.00699 e. The molecule has 0 saturated carbocycles. The van der Waals surface area contributed by atoms with E-state index < -0.39 is 0 Å². The summed E-state index contributed by atoms with van der Waals surface area (Å²) in [7, 11) is 0. The van der Waals surface area contributed by atoms with Crippen molar-refractivity contribution in [2.24, 2.45) is 0 Å². The molecule has 140 valence electrons. The predicted molar refractivity (Wildman–Crippen MR) is 126 cm³/mol. The zero-order chi connectivity index (χ0) is 19.9. The number of hydrogen-bond acceptors (Lipinski definition) is 0. The molecular weight excluding hydrogens is 348 g/mol. The molecule has 4 rings (SSSR count). The molecule has 0 aliphatic carbocycles. The van der Waals surface area contributed by atoms with Gasteiger partial charge in [0.25, 0.3) is 0 Å². The number of rotatable bonds is 5. The number of allylic oxidation sites excluding steroid dienone is 3. The van der Waals surface area contributed by atoms with E-state index in [0.717, 1.165) is 0 Å². The summed E-state index contributed by atoms with van der Waals surface area (Å²) in [5, 5.41) is 0. The van der Waals surface area contributed by atoms with E-state index in [1.807, 2.05) is 0 Å². The second-order valence-electron chi connectivity index (χ2n) is 7.07. The van der Waals surface area contributed by atoms with Gasteiger partial charge in [-0.1, -0.05) is 121 Å². The molecule has 0 atom stereocenters. The Morgan fingerprint density at radius 2 is 0.897 bits per heavy atom. The molecule has 29 heavy (non-hydrogen) atoms. The van der Waals surface area contributed by atoms with Gasteiger partial charge in [-0.05, 0) is 52.0 Å². The van der Waals surface area contributed by atoms with Gasteiger partial charge >= 0.3 is 0 Å². The van der Waals surface area contributed by atoms with Gasteiger partial charge in [-0.3, -0.25) is 0 Å². The Labute approximate surface area is 173 Å². The third kappa shape index (κ3) is 4.44. The van der Waals surface area contributed by atoms with Crippen molar-refractivity contribution in [3.8, 4) is 0 Å². The molecule has 0 fully saturated rings. The van der Waals surface area contributed by atoms with Crippen LogP contribution in [0.5, 0.6) is 0 Å². The summed E-state index contributed by atoms with van der Waals surface area (Å²) in [6, 6.07) is 42.5. The molecule has 0 nitrogen and oxygen atoms in total. The summed E-state index contributed by atoms with van der Waals surface area (Å²) in [5.41, 5.74) is 8.62. The van der Waals surface area contributed by atoms with Crippen LogP contribution in [0.25, 0.3) is 22.8 Å². The summed E-state index contributed by atoms with van der Waals surface area (Å²) in [5.74, 6) is 0. The largest absolute Gasteiger partial charge is 0.0622 e. The summed E-state index contributed by atoms with van der Waals surface area (Å²) in [6.07, 6.45) is 2.30. The fourth-order valence-electron chi connectivity index (χ4n) is 3.64. The van der Waals surface area contributed by atoms with E-state index in [1.54, 1.807) is 0 Å². The lowest BCUT2D eigenvalue weighted by Gasteiger charge is -2.18. The molecule has 0 aliphatic heterocycles. The van der Waals surface area contributed by atoms with Crippen molar-refractivity contribution in [1.82, 2.24) is 0 Å². The smallest absolute Gasteiger partial charge is 0.00699 e. The van der Waals surface area contributed by atoms with Crippen LogP contribution in [-0.4, -0.2) is 0 Å². The van der Waals surface area contributed by atoms with Crippen molar-refractivity contribution in [1.29, 1.82) is 0 Å². The fraction of sp³-hybridized carbons (Fsp3) is 0.0345. The molecule has 0 heterocycles. The van der Waals surface area contributed by atoms with Crippen molar-refractivity contribution in [2.45, 2.75) is 6.92 Å². The Bertz CT molecular complexity index is 1100. The molecule has 0 aliphatic rings. The second kappa shape index (κ2) is 9.03. The molecule has 0 N–H and O–H groups in total. The van der Waals surface area contributed by atoms with E-state index in [0.29, 0.717) is 0 Å². The van der Waals surface area contributed by atoms with Gasteiger partial charge in [0.05, 0.1) is 0 Å². The highest BCUT2D eigenvalue weighted by molar-refractivity contribution is 6.18. The third-order valence-electron chi connectivity index (χ3n) is 5.11. The van der Waals surface area contributed by atoms with Crippen LogP contribution in [0.1, 0.15) is 29.2 Å². The van der Waals surface area contributed by atoms with Crippen molar-refractivity contribution >= 4 is 22.8 Å². The minimum atomic E-state index is 1.20. The lowest BCUT2D eigenvalue weighted by molar-refractivity contribution is 1.53. The summed E-state index contributed by atoms with van der Waals surface area (Å²) in [6.45, 7) is 2.22. The van der Waals surface area contributed by atoms with Crippen LogP contribution in [-0.2, 0) is 0 Å². The first kappa shape index (κ1) is 18.7. The minimum Gasteiger partial charge on any atom is -0.0622 e. The predicted octanol–water partition coefficient (Wildman–Crippen LogP) is 7.86. The van der Waals surface area contributed by atoms with E-state index in [9.17, 15) is 0 Å². The minimum absolute atomic E-state index is 1.20. The van der Waals surface area contributed by atoms with Crippen LogP contribution in [0.3, 0.4) is 0 Å². The normalized spacial score (nSPS) is 12.4. The Balaban J connectivity index is 2.01. The highest BCUT2D eigenvalue weighted by Crippen LogP contribution is 2.38. The van der Waals surface area contributed by atoms with Crippen molar-refractivity contribution in [2.75, 3.05) is 0 Å². The first-order valence-electron chi connectivity index (χ1n) is 9.97. The molecule has 0 amide bonds. The first-order valence-corrected chi connectivity index (χ1v) is 9.97. The highest BCUT2D eigenvalue weighted by Gasteiger charge is 2.15. The zero-order valence-electron chi connectivity index (χ0n) is 16.6. The second-order valence-corrected chi connectivity index (χ2v) is 7.07. The SMILES string of the molecule is C/C(=C(\C(=C\c1ccccc1)c1ccccc1)c1ccccc1)c1ccccc1. The monoisotopic (exact) mass is 372 g/mol. The van der Waals surface area contributed by atoms with Crippen molar-refractivity contribution in [3.05, 3.63) is 144 Å². The average Bonchev–Trinajstić information content (AvgIpc) is 2.81. The highest BCUT2D eigenvalue weighted by atomic mass is 14.2. The van der Waals surface area contributed by atoms with Crippen LogP contribution in [0.4, 0.5) is 0 Å². The van der Waals surface area contributed by atoms with E-state index in [-0.39, 0.29) is 0 Å². The molecule has 0 radical (unpaired) electrons. The van der Waals surface area contributed by atoms with Crippen molar-refractivity contribution in [3.63, 3.8) is 0 Å². The number of benzene rings is 4. The lowest BCUT2D eigenvalue weighted by atomic mass is 9.85. The summed E-state index contributed by atoms with van der Waals surface area (Å²) in [4.78, 5) is 0. The molecule has 4 aromatic carbocycles.